The van der Waals surface area contributed by atoms with Crippen LogP contribution in [0.2, 0.25) is 10.0 Å². The van der Waals surface area contributed by atoms with E-state index in [0.29, 0.717) is 32.6 Å². The number of nitrogens with zero attached hydrogens (tertiary/aromatic N) is 1. The van der Waals surface area contributed by atoms with Gasteiger partial charge in [-0.15, -0.1) is 0 Å². The van der Waals surface area contributed by atoms with E-state index in [1.54, 1.807) is 72.8 Å². The minimum Gasteiger partial charge on any atom is -0.497 e. The third-order valence-electron chi connectivity index (χ3n) is 4.94. The fraction of sp³-hybridized carbons (Fsp3) is 0.0870. The molecule has 1 fully saturated rings. The van der Waals surface area contributed by atoms with Crippen molar-refractivity contribution in [2.75, 3.05) is 12.0 Å². The average molecular weight is 474 g/mol. The van der Waals surface area contributed by atoms with E-state index in [9.17, 15) is 13.2 Å². The summed E-state index contributed by atoms with van der Waals surface area (Å²) in [5.41, 5.74) is 1.43. The van der Waals surface area contributed by atoms with Gasteiger partial charge in [0.1, 0.15) is 10.7 Å². The zero-order valence-corrected chi connectivity index (χ0v) is 18.7. The molecule has 0 saturated carbocycles. The summed E-state index contributed by atoms with van der Waals surface area (Å²) < 4.78 is 32.3. The average Bonchev–Trinajstić information content (AvgIpc) is 2.96. The van der Waals surface area contributed by atoms with Crippen molar-refractivity contribution in [2.45, 2.75) is 5.37 Å². The Hall–Kier alpha value is -2.80. The molecule has 1 atom stereocenters. The molecular weight excluding hydrogens is 457 g/mol. The van der Waals surface area contributed by atoms with Crippen LogP contribution < -0.4 is 9.64 Å². The van der Waals surface area contributed by atoms with E-state index in [-0.39, 0.29) is 4.91 Å². The molecule has 31 heavy (non-hydrogen) atoms. The van der Waals surface area contributed by atoms with E-state index in [1.807, 2.05) is 0 Å². The number of methoxy groups -OCH3 is 1. The first-order valence-electron chi connectivity index (χ1n) is 9.25. The summed E-state index contributed by atoms with van der Waals surface area (Å²) in [6.07, 6.45) is 1.38. The smallest absolute Gasteiger partial charge is 0.271 e. The van der Waals surface area contributed by atoms with E-state index in [1.165, 1.54) is 18.1 Å². The molecule has 0 bridgehead atoms. The number of carbonyl (C=O) groups excluding carboxylic acids is 1. The van der Waals surface area contributed by atoms with Crippen molar-refractivity contribution in [1.82, 2.24) is 0 Å². The van der Waals surface area contributed by atoms with Gasteiger partial charge in [0.15, 0.2) is 5.37 Å². The van der Waals surface area contributed by atoms with Crippen LogP contribution in [0.15, 0.2) is 77.7 Å². The van der Waals surface area contributed by atoms with Crippen molar-refractivity contribution in [3.63, 3.8) is 0 Å². The van der Waals surface area contributed by atoms with Crippen LogP contribution in [0.3, 0.4) is 0 Å². The van der Waals surface area contributed by atoms with Gasteiger partial charge in [-0.2, -0.15) is 0 Å². The quantitative estimate of drug-likeness (QED) is 0.469. The maximum absolute atomic E-state index is 13.6. The lowest BCUT2D eigenvalue weighted by atomic mass is 10.1. The molecule has 8 heteroatoms. The van der Waals surface area contributed by atoms with Crippen LogP contribution in [0.4, 0.5) is 5.69 Å². The number of rotatable bonds is 4. The predicted octanol–water partition coefficient (Wildman–Crippen LogP) is 5.50. The van der Waals surface area contributed by atoms with Gasteiger partial charge in [0.05, 0.1) is 7.11 Å². The standard InChI is InChI=1S/C23H17Cl2NO4S/c1-30-20-12-10-19(11-13-20)26-22(27)21(14-15-2-6-17(24)7-3-15)31(28,29)23(26)16-4-8-18(25)9-5-16/h2-14,23H,1H3/b21-14+/t23-/m0/s1. The lowest BCUT2D eigenvalue weighted by molar-refractivity contribution is -0.114. The molecule has 0 N–H and O–H groups in total. The lowest BCUT2D eigenvalue weighted by Crippen LogP contribution is -2.28. The molecule has 0 spiro atoms. The summed E-state index contributed by atoms with van der Waals surface area (Å²) in [6.45, 7) is 0. The Balaban J connectivity index is 1.88. The number of anilines is 1. The van der Waals surface area contributed by atoms with E-state index in [2.05, 4.69) is 0 Å². The van der Waals surface area contributed by atoms with E-state index >= 15 is 0 Å². The number of hydrogen-bond acceptors (Lipinski definition) is 4. The summed E-state index contributed by atoms with van der Waals surface area (Å²) in [7, 11) is -2.50. The highest BCUT2D eigenvalue weighted by atomic mass is 35.5. The molecule has 0 radical (unpaired) electrons. The maximum Gasteiger partial charge on any atom is 0.271 e. The number of carbonyl (C=O) groups is 1. The zero-order valence-electron chi connectivity index (χ0n) is 16.3. The van der Waals surface area contributed by atoms with Crippen LogP contribution in [-0.2, 0) is 14.6 Å². The van der Waals surface area contributed by atoms with Gasteiger partial charge in [0.25, 0.3) is 5.91 Å². The van der Waals surface area contributed by atoms with Crippen molar-refractivity contribution in [3.8, 4) is 5.75 Å². The molecular formula is C23H17Cl2NO4S. The molecule has 3 aromatic carbocycles. The topological polar surface area (TPSA) is 63.7 Å². The molecule has 158 valence electrons. The van der Waals surface area contributed by atoms with Gasteiger partial charge in [0.2, 0.25) is 9.84 Å². The van der Waals surface area contributed by atoms with Crippen molar-refractivity contribution in [1.29, 1.82) is 0 Å². The third kappa shape index (κ3) is 4.06. The molecule has 1 heterocycles. The largest absolute Gasteiger partial charge is 0.497 e. The molecule has 0 unspecified atom stereocenters. The van der Waals surface area contributed by atoms with Gasteiger partial charge in [-0.3, -0.25) is 9.69 Å². The third-order valence-corrected chi connectivity index (χ3v) is 7.42. The first kappa shape index (κ1) is 21.4. The first-order chi connectivity index (χ1) is 14.8. The Labute approximate surface area is 190 Å². The first-order valence-corrected chi connectivity index (χ1v) is 11.6. The van der Waals surface area contributed by atoms with E-state index < -0.39 is 21.1 Å². The van der Waals surface area contributed by atoms with E-state index in [4.69, 9.17) is 27.9 Å². The monoisotopic (exact) mass is 473 g/mol. The van der Waals surface area contributed by atoms with Crippen molar-refractivity contribution >= 4 is 50.7 Å². The number of hydrogen-bond donors (Lipinski definition) is 0. The van der Waals surface area contributed by atoms with Crippen LogP contribution in [-0.4, -0.2) is 21.4 Å². The Morgan fingerprint density at radius 1 is 0.871 bits per heavy atom. The Morgan fingerprint density at radius 3 is 1.97 bits per heavy atom. The molecule has 5 nitrogen and oxygen atoms in total. The Bertz CT molecular complexity index is 1250. The van der Waals surface area contributed by atoms with Gasteiger partial charge < -0.3 is 4.74 Å². The van der Waals surface area contributed by atoms with Crippen LogP contribution in [0, 0.1) is 0 Å². The molecule has 3 aromatic rings. The minimum absolute atomic E-state index is 0.286. The maximum atomic E-state index is 13.6. The fourth-order valence-electron chi connectivity index (χ4n) is 3.41. The SMILES string of the molecule is COc1ccc(N2C(=O)/C(=C\c3ccc(Cl)cc3)S(=O)(=O)[C@H]2c2ccc(Cl)cc2)cc1. The highest BCUT2D eigenvalue weighted by molar-refractivity contribution is 7.97. The predicted molar refractivity (Wildman–Crippen MR) is 123 cm³/mol. The van der Waals surface area contributed by atoms with Gasteiger partial charge in [-0.05, 0) is 65.7 Å². The molecule has 1 saturated heterocycles. The second-order valence-corrected chi connectivity index (χ2v) is 9.73. The molecule has 1 amide bonds. The molecule has 1 aliphatic rings. The highest BCUT2D eigenvalue weighted by Crippen LogP contribution is 2.44. The highest BCUT2D eigenvalue weighted by Gasteiger charge is 2.50. The van der Waals surface area contributed by atoms with Crippen LogP contribution in [0.5, 0.6) is 5.75 Å². The Morgan fingerprint density at radius 2 is 1.42 bits per heavy atom. The summed E-state index contributed by atoms with van der Waals surface area (Å²) in [4.78, 5) is 14.4. The Kier molecular flexibility index (Phi) is 5.79. The van der Waals surface area contributed by atoms with Crippen LogP contribution in [0.1, 0.15) is 16.5 Å². The lowest BCUT2D eigenvalue weighted by Gasteiger charge is -2.23. The summed E-state index contributed by atoms with van der Waals surface area (Å²) in [6, 6.07) is 19.7. The summed E-state index contributed by atoms with van der Waals surface area (Å²) in [5.74, 6) is -0.0155. The molecule has 4 rings (SSSR count). The number of halogens is 2. The summed E-state index contributed by atoms with van der Waals surface area (Å²) in [5, 5.41) is -0.232. The minimum atomic E-state index is -4.03. The second-order valence-electron chi connectivity index (χ2n) is 6.88. The van der Waals surface area contributed by atoms with Crippen molar-refractivity contribution in [2.24, 2.45) is 0 Å². The van der Waals surface area contributed by atoms with Gasteiger partial charge in [-0.1, -0.05) is 47.5 Å². The molecule has 0 aliphatic carbocycles. The number of amides is 1. The van der Waals surface area contributed by atoms with Gasteiger partial charge in [0, 0.05) is 15.7 Å². The molecule has 1 aliphatic heterocycles. The van der Waals surface area contributed by atoms with Crippen molar-refractivity contribution in [3.05, 3.63) is 98.9 Å². The second kappa shape index (κ2) is 8.38. The number of ether oxygens (including phenoxy) is 1. The zero-order chi connectivity index (χ0) is 22.2. The molecule has 0 aromatic heterocycles. The number of sulfone groups is 1. The van der Waals surface area contributed by atoms with Crippen LogP contribution in [0.25, 0.3) is 6.08 Å². The summed E-state index contributed by atoms with van der Waals surface area (Å²) >= 11 is 11.9. The fourth-order valence-corrected chi connectivity index (χ4v) is 5.56. The van der Waals surface area contributed by atoms with Gasteiger partial charge in [-0.25, -0.2) is 8.42 Å². The van der Waals surface area contributed by atoms with E-state index in [0.717, 1.165) is 0 Å². The van der Waals surface area contributed by atoms with Crippen LogP contribution >= 0.6 is 23.2 Å². The van der Waals surface area contributed by atoms with Gasteiger partial charge >= 0.3 is 0 Å². The van der Waals surface area contributed by atoms with Crippen molar-refractivity contribution < 1.29 is 17.9 Å². The number of benzene rings is 3. The normalized spacial score (nSPS) is 19.1.